The maximum atomic E-state index is 12.7. The number of hydrogen-bond acceptors (Lipinski definition) is 6. The smallest absolute Gasteiger partial charge is 0.256 e. The Labute approximate surface area is 150 Å². The zero-order valence-corrected chi connectivity index (χ0v) is 14.5. The molecule has 2 aliphatic heterocycles. The van der Waals surface area contributed by atoms with Crippen LogP contribution >= 0.6 is 0 Å². The summed E-state index contributed by atoms with van der Waals surface area (Å²) in [6.45, 7) is 3.64. The normalized spacial score (nSPS) is 23.1. The Balaban J connectivity index is 1.67. The molecular formula is C17H20N8O. The lowest BCUT2D eigenvalue weighted by Gasteiger charge is -2.26. The number of nitrogens with one attached hydrogen (secondary N) is 1. The van der Waals surface area contributed by atoms with Gasteiger partial charge in [0.05, 0.1) is 24.1 Å². The fourth-order valence-corrected chi connectivity index (χ4v) is 3.92. The number of anilines is 1. The zero-order chi connectivity index (χ0) is 17.7. The Bertz CT molecular complexity index is 976. The molecule has 5 rings (SSSR count). The highest BCUT2D eigenvalue weighted by Gasteiger charge is 2.31. The van der Waals surface area contributed by atoms with Gasteiger partial charge in [-0.05, 0) is 32.3 Å². The van der Waals surface area contributed by atoms with Crippen LogP contribution < -0.4 is 10.2 Å². The van der Waals surface area contributed by atoms with Crippen LogP contribution in [0.25, 0.3) is 5.65 Å². The van der Waals surface area contributed by atoms with Crippen LogP contribution in [0.4, 0.5) is 5.82 Å². The Morgan fingerprint density at radius 1 is 1.23 bits per heavy atom. The average Bonchev–Trinajstić information content (AvgIpc) is 3.36. The third-order valence-electron chi connectivity index (χ3n) is 5.29. The van der Waals surface area contributed by atoms with Crippen molar-refractivity contribution in [1.29, 1.82) is 0 Å². The van der Waals surface area contributed by atoms with Gasteiger partial charge in [-0.1, -0.05) is 5.21 Å². The largest absolute Gasteiger partial charge is 0.349 e. The summed E-state index contributed by atoms with van der Waals surface area (Å²) in [5.74, 6) is 0.711. The summed E-state index contributed by atoms with van der Waals surface area (Å²) in [5.41, 5.74) is 2.20. The molecule has 1 unspecified atom stereocenters. The van der Waals surface area contributed by atoms with Crippen LogP contribution in [0, 0.1) is 0 Å². The molecule has 0 aromatic carbocycles. The van der Waals surface area contributed by atoms with Gasteiger partial charge in [0.2, 0.25) is 0 Å². The molecule has 1 N–H and O–H groups in total. The molecule has 9 heteroatoms. The first kappa shape index (κ1) is 15.3. The van der Waals surface area contributed by atoms with Gasteiger partial charge in [0, 0.05) is 25.3 Å². The fraction of sp³-hybridized carbons (Fsp3) is 0.471. The summed E-state index contributed by atoms with van der Waals surface area (Å²) in [6.07, 6.45) is 8.22. The summed E-state index contributed by atoms with van der Waals surface area (Å²) in [6, 6.07) is 2.17. The molecule has 2 atom stereocenters. The number of aromatic nitrogens is 6. The number of hydrogen-bond donors (Lipinski definition) is 1. The minimum atomic E-state index is -0.145. The van der Waals surface area contributed by atoms with E-state index < -0.39 is 0 Å². The first-order chi connectivity index (χ1) is 12.7. The number of fused-ring (bicyclic) bond motifs is 5. The van der Waals surface area contributed by atoms with E-state index in [4.69, 9.17) is 4.98 Å². The standard InChI is InChI=1S/C17H20N8O/c1-11-4-7-24-14(10-18-22-24)13-3-2-6-23(13)15-5-8-25-16(21-15)12(9-19-25)17(26)20-11/h5,8-11,13H,2-4,6-7H2,1H3,(H,20,26)/t11?,13-/m1/s1. The number of carbonyl (C=O) groups excluding carboxylic acids is 1. The van der Waals surface area contributed by atoms with E-state index in [-0.39, 0.29) is 18.0 Å². The highest BCUT2D eigenvalue weighted by molar-refractivity contribution is 5.99. The van der Waals surface area contributed by atoms with Crippen LogP contribution in [0.2, 0.25) is 0 Å². The zero-order valence-electron chi connectivity index (χ0n) is 14.5. The molecule has 0 aliphatic carbocycles. The van der Waals surface area contributed by atoms with E-state index >= 15 is 0 Å². The molecule has 0 radical (unpaired) electrons. The minimum absolute atomic E-state index is 0.0121. The van der Waals surface area contributed by atoms with E-state index in [1.807, 2.05) is 30.1 Å². The fourth-order valence-electron chi connectivity index (χ4n) is 3.92. The van der Waals surface area contributed by atoms with Crippen LogP contribution in [0.1, 0.15) is 48.3 Å². The number of amides is 1. The maximum absolute atomic E-state index is 12.7. The Hall–Kier alpha value is -2.97. The topological polar surface area (TPSA) is 93.2 Å². The Morgan fingerprint density at radius 2 is 2.15 bits per heavy atom. The predicted octanol–water partition coefficient (Wildman–Crippen LogP) is 1.18. The SMILES string of the molecule is CC1CCn2nncc2[C@H]2CCCN2c2ccn3ncc(c3n2)C(=O)N1. The van der Waals surface area contributed by atoms with Gasteiger partial charge in [0.25, 0.3) is 5.91 Å². The van der Waals surface area contributed by atoms with E-state index in [0.29, 0.717) is 11.2 Å². The lowest BCUT2D eigenvalue weighted by atomic mass is 10.1. The monoisotopic (exact) mass is 352 g/mol. The second-order valence-electron chi connectivity index (χ2n) is 7.01. The van der Waals surface area contributed by atoms with Gasteiger partial charge in [-0.2, -0.15) is 5.10 Å². The van der Waals surface area contributed by atoms with Crippen LogP contribution in [0.15, 0.2) is 24.7 Å². The Kier molecular flexibility index (Phi) is 3.41. The molecule has 0 saturated carbocycles. The number of rotatable bonds is 0. The third-order valence-corrected chi connectivity index (χ3v) is 5.29. The van der Waals surface area contributed by atoms with Crippen molar-refractivity contribution in [3.8, 4) is 0 Å². The quantitative estimate of drug-likeness (QED) is 0.653. The van der Waals surface area contributed by atoms with Crippen LogP contribution in [-0.2, 0) is 6.54 Å². The molecular weight excluding hydrogens is 332 g/mol. The summed E-state index contributed by atoms with van der Waals surface area (Å²) >= 11 is 0. The van der Waals surface area contributed by atoms with Crippen LogP contribution in [0.5, 0.6) is 0 Å². The van der Waals surface area contributed by atoms with E-state index in [0.717, 1.165) is 43.9 Å². The van der Waals surface area contributed by atoms with Gasteiger partial charge in [-0.25, -0.2) is 14.2 Å². The van der Waals surface area contributed by atoms with Gasteiger partial charge in [-0.3, -0.25) is 4.79 Å². The van der Waals surface area contributed by atoms with Crippen molar-refractivity contribution in [3.05, 3.63) is 35.9 Å². The van der Waals surface area contributed by atoms with E-state index in [1.54, 1.807) is 10.7 Å². The number of nitrogens with zero attached hydrogens (tertiary/aromatic N) is 7. The molecule has 1 saturated heterocycles. The summed E-state index contributed by atoms with van der Waals surface area (Å²) < 4.78 is 3.62. The first-order valence-corrected chi connectivity index (χ1v) is 9.01. The average molecular weight is 352 g/mol. The molecule has 3 aromatic rings. The predicted molar refractivity (Wildman–Crippen MR) is 93.9 cm³/mol. The highest BCUT2D eigenvalue weighted by atomic mass is 16.1. The van der Waals surface area contributed by atoms with Gasteiger partial charge < -0.3 is 10.2 Å². The number of aryl methyl sites for hydroxylation is 1. The lowest BCUT2D eigenvalue weighted by molar-refractivity contribution is 0.0938. The molecule has 2 aliphatic rings. The second-order valence-corrected chi connectivity index (χ2v) is 7.01. The molecule has 9 nitrogen and oxygen atoms in total. The lowest BCUT2D eigenvalue weighted by Crippen LogP contribution is -2.33. The van der Waals surface area contributed by atoms with Crippen molar-refractivity contribution < 1.29 is 4.79 Å². The van der Waals surface area contributed by atoms with Gasteiger partial charge >= 0.3 is 0 Å². The van der Waals surface area contributed by atoms with Crippen molar-refractivity contribution in [1.82, 2.24) is 34.9 Å². The molecule has 0 spiro atoms. The minimum Gasteiger partial charge on any atom is -0.349 e. The van der Waals surface area contributed by atoms with E-state index in [2.05, 4.69) is 25.6 Å². The van der Waals surface area contributed by atoms with Crippen molar-refractivity contribution in [2.24, 2.45) is 0 Å². The van der Waals surface area contributed by atoms with E-state index in [9.17, 15) is 4.79 Å². The summed E-state index contributed by atoms with van der Waals surface area (Å²) in [5, 5.41) is 15.7. The highest BCUT2D eigenvalue weighted by Crippen LogP contribution is 2.35. The van der Waals surface area contributed by atoms with Crippen LogP contribution in [0.3, 0.4) is 0 Å². The van der Waals surface area contributed by atoms with Gasteiger partial charge in [-0.15, -0.1) is 5.10 Å². The van der Waals surface area contributed by atoms with Crippen molar-refractivity contribution in [2.75, 3.05) is 11.4 Å². The van der Waals surface area contributed by atoms with Crippen molar-refractivity contribution in [3.63, 3.8) is 0 Å². The molecule has 5 heterocycles. The third kappa shape index (κ3) is 2.34. The second kappa shape index (κ2) is 5.79. The molecule has 3 aromatic heterocycles. The van der Waals surface area contributed by atoms with Crippen LogP contribution in [-0.4, -0.2) is 48.1 Å². The van der Waals surface area contributed by atoms with Gasteiger partial charge in [0.15, 0.2) is 5.65 Å². The maximum Gasteiger partial charge on any atom is 0.256 e. The number of carbonyl (C=O) groups is 1. The van der Waals surface area contributed by atoms with Gasteiger partial charge in [0.1, 0.15) is 11.4 Å². The molecule has 26 heavy (non-hydrogen) atoms. The Morgan fingerprint density at radius 3 is 3.08 bits per heavy atom. The van der Waals surface area contributed by atoms with Crippen molar-refractivity contribution >= 4 is 17.4 Å². The van der Waals surface area contributed by atoms with E-state index in [1.165, 1.54) is 0 Å². The molecule has 134 valence electrons. The molecule has 1 fully saturated rings. The summed E-state index contributed by atoms with van der Waals surface area (Å²) in [7, 11) is 0. The summed E-state index contributed by atoms with van der Waals surface area (Å²) in [4.78, 5) is 19.7. The molecule has 1 amide bonds. The molecule has 2 bridgehead atoms. The van der Waals surface area contributed by atoms with Crippen molar-refractivity contribution in [2.45, 2.75) is 44.8 Å². The first-order valence-electron chi connectivity index (χ1n) is 9.01.